The molecule has 0 aromatic heterocycles. The molecule has 0 spiro atoms. The third-order valence-electron chi connectivity index (χ3n) is 4.49. The fraction of sp³-hybridized carbons (Fsp3) is 0.478. The third-order valence-corrected chi connectivity index (χ3v) is 4.49. The van der Waals surface area contributed by atoms with Gasteiger partial charge in [-0.05, 0) is 64.8 Å². The lowest BCUT2D eigenvalue weighted by atomic mass is 9.98. The monoisotopic (exact) mass is 356 g/mol. The first-order valence-corrected chi connectivity index (χ1v) is 8.86. The lowest BCUT2D eigenvalue weighted by Crippen LogP contribution is -2.38. The van der Waals surface area contributed by atoms with Crippen LogP contribution in [0.1, 0.15) is 51.8 Å². The number of rotatable bonds is 0. The van der Waals surface area contributed by atoms with Gasteiger partial charge in [-0.2, -0.15) is 0 Å². The molecule has 2 aromatic carbocycles. The molecule has 26 heavy (non-hydrogen) atoms. The Morgan fingerprint density at radius 2 is 1.38 bits per heavy atom. The summed E-state index contributed by atoms with van der Waals surface area (Å²) in [6.45, 7) is 13.1. The van der Waals surface area contributed by atoms with Gasteiger partial charge in [-0.25, -0.2) is 0 Å². The second kappa shape index (κ2) is 7.22. The van der Waals surface area contributed by atoms with E-state index >= 15 is 0 Å². The van der Waals surface area contributed by atoms with E-state index in [0.717, 1.165) is 29.2 Å². The number of aryl methyl sites for hydroxylation is 2. The molecule has 0 unspecified atom stereocenters. The summed E-state index contributed by atoms with van der Waals surface area (Å²) in [6.07, 6.45) is 1.04. The van der Waals surface area contributed by atoms with E-state index in [1.54, 1.807) is 0 Å². The molecule has 0 N–H and O–H groups in total. The van der Waals surface area contributed by atoms with Crippen LogP contribution in [0.4, 0.5) is 0 Å². The minimum atomic E-state index is -0.209. The molecule has 0 radical (unpaired) electrons. The van der Waals surface area contributed by atoms with Gasteiger partial charge in [0.1, 0.15) is 23.6 Å². The summed E-state index contributed by atoms with van der Waals surface area (Å²) in [5, 5.41) is 0. The summed E-state index contributed by atoms with van der Waals surface area (Å²) in [6, 6.07) is 12.2. The van der Waals surface area contributed by atoms with Crippen molar-refractivity contribution in [2.75, 3.05) is 6.61 Å². The molecule has 3 heteroatoms. The summed E-state index contributed by atoms with van der Waals surface area (Å²) in [4.78, 5) is 0. The van der Waals surface area contributed by atoms with E-state index in [0.29, 0.717) is 6.61 Å². The van der Waals surface area contributed by atoms with Gasteiger partial charge >= 0.3 is 0 Å². The summed E-state index contributed by atoms with van der Waals surface area (Å²) < 4.78 is 17.2. The summed E-state index contributed by atoms with van der Waals surface area (Å²) in [5.74, 6) is 2.82. The predicted octanol–water partition coefficient (Wildman–Crippen LogP) is 5.89. The number of hydrogen-bond acceptors (Lipinski definition) is 3. The highest BCUT2D eigenvalue weighted by Gasteiger charge is 2.30. The molecule has 0 atom stereocenters. The van der Waals surface area contributed by atoms with E-state index in [-0.39, 0.29) is 18.6 Å². The molecule has 142 valence electrons. The van der Waals surface area contributed by atoms with Gasteiger partial charge in [-0.15, -0.1) is 0 Å². The molecule has 0 amide bonds. The van der Waals surface area contributed by atoms with Gasteiger partial charge in [-0.1, -0.05) is 31.7 Å². The van der Waals surface area contributed by atoms with Crippen LogP contribution < -0.4 is 14.2 Å². The van der Waals surface area contributed by atoms with Crippen molar-refractivity contribution in [1.29, 1.82) is 0 Å². The van der Waals surface area contributed by atoms with Crippen molar-refractivity contribution < 1.29 is 14.2 Å². The van der Waals surface area contributed by atoms with Crippen LogP contribution in [0.15, 0.2) is 36.4 Å². The summed E-state index contributed by atoms with van der Waals surface area (Å²) in [7, 11) is 0. The fourth-order valence-electron chi connectivity index (χ4n) is 3.18. The lowest BCUT2D eigenvalue weighted by Gasteiger charge is -2.33. The molecule has 3 nitrogen and oxygen atoms in total. The van der Waals surface area contributed by atoms with E-state index in [2.05, 4.69) is 39.0 Å². The minimum absolute atomic E-state index is 0. The normalized spacial score (nSPS) is 17.8. The quantitative estimate of drug-likeness (QED) is 0.589. The molecule has 0 aliphatic carbocycles. The molecular formula is C23H32O3. The van der Waals surface area contributed by atoms with Crippen LogP contribution in [0.25, 0.3) is 0 Å². The summed E-state index contributed by atoms with van der Waals surface area (Å²) >= 11 is 0. The average Bonchev–Trinajstić information content (AvgIpc) is 2.84. The maximum absolute atomic E-state index is 5.83. The Morgan fingerprint density at radius 1 is 0.769 bits per heavy atom. The van der Waals surface area contributed by atoms with Crippen molar-refractivity contribution >= 4 is 0 Å². The fourth-order valence-corrected chi connectivity index (χ4v) is 3.18. The minimum Gasteiger partial charge on any atom is -0.487 e. The van der Waals surface area contributed by atoms with E-state index < -0.39 is 0 Å². The van der Waals surface area contributed by atoms with E-state index in [4.69, 9.17) is 14.2 Å². The molecule has 2 aliphatic rings. The standard InChI is InChI=1S/C11H14O2.C11H14O.CH4/c1-8-5-4-6-9-10(8)13-11(2,3)7-12-9;1-8-5-4-6-10-9(8)7-11(2,3)12-10;/h4-6H,7H2,1-3H3;4-6H,7H2,1-3H3;1H4. The Labute approximate surface area is 158 Å². The Balaban J connectivity index is 0.000000180. The van der Waals surface area contributed by atoms with Crippen molar-refractivity contribution in [2.24, 2.45) is 0 Å². The van der Waals surface area contributed by atoms with Gasteiger partial charge in [0.25, 0.3) is 0 Å². The first-order valence-electron chi connectivity index (χ1n) is 8.86. The van der Waals surface area contributed by atoms with Crippen molar-refractivity contribution in [1.82, 2.24) is 0 Å². The molecule has 2 aliphatic heterocycles. The zero-order valence-corrected chi connectivity index (χ0v) is 16.1. The van der Waals surface area contributed by atoms with Crippen molar-refractivity contribution in [3.8, 4) is 17.2 Å². The molecule has 0 fully saturated rings. The van der Waals surface area contributed by atoms with Crippen molar-refractivity contribution in [2.45, 2.75) is 66.6 Å². The second-order valence-electron chi connectivity index (χ2n) is 8.14. The van der Waals surface area contributed by atoms with E-state index in [1.165, 1.54) is 11.1 Å². The smallest absolute Gasteiger partial charge is 0.165 e. The van der Waals surface area contributed by atoms with Gasteiger partial charge < -0.3 is 14.2 Å². The maximum Gasteiger partial charge on any atom is 0.165 e. The van der Waals surface area contributed by atoms with Gasteiger partial charge in [0.2, 0.25) is 0 Å². The summed E-state index contributed by atoms with van der Waals surface area (Å²) in [5.41, 5.74) is 3.64. The van der Waals surface area contributed by atoms with Gasteiger partial charge in [-0.3, -0.25) is 0 Å². The Morgan fingerprint density at radius 3 is 2.04 bits per heavy atom. The van der Waals surface area contributed by atoms with Gasteiger partial charge in [0.15, 0.2) is 11.5 Å². The van der Waals surface area contributed by atoms with Gasteiger partial charge in [0, 0.05) is 12.0 Å². The number of benzene rings is 2. The van der Waals surface area contributed by atoms with Crippen molar-refractivity contribution in [3.63, 3.8) is 0 Å². The molecule has 2 aromatic rings. The highest BCUT2D eigenvalue weighted by molar-refractivity contribution is 5.47. The Hall–Kier alpha value is -2.16. The largest absolute Gasteiger partial charge is 0.487 e. The maximum atomic E-state index is 5.83. The van der Waals surface area contributed by atoms with Crippen LogP contribution in [0.5, 0.6) is 17.2 Å². The van der Waals surface area contributed by atoms with Crippen LogP contribution in [0.2, 0.25) is 0 Å². The molecule has 2 heterocycles. The SMILES string of the molecule is C.Cc1cccc2c1CC(C)(C)O2.Cc1cccc2c1OC(C)(C)CO2. The topological polar surface area (TPSA) is 27.7 Å². The predicted molar refractivity (Wildman–Crippen MR) is 108 cm³/mol. The molecular weight excluding hydrogens is 324 g/mol. The number of hydrogen-bond donors (Lipinski definition) is 0. The molecule has 0 saturated carbocycles. The van der Waals surface area contributed by atoms with Crippen LogP contribution in [0.3, 0.4) is 0 Å². The van der Waals surface area contributed by atoms with Crippen molar-refractivity contribution in [3.05, 3.63) is 53.1 Å². The zero-order chi connectivity index (χ0) is 18.2. The number of fused-ring (bicyclic) bond motifs is 2. The highest BCUT2D eigenvalue weighted by atomic mass is 16.6. The zero-order valence-electron chi connectivity index (χ0n) is 16.1. The Kier molecular flexibility index (Phi) is 5.60. The first kappa shape index (κ1) is 20.2. The molecule has 0 bridgehead atoms. The molecule has 4 rings (SSSR count). The number of para-hydroxylation sites is 1. The first-order chi connectivity index (χ1) is 11.7. The number of ether oxygens (including phenoxy) is 3. The van der Waals surface area contributed by atoms with Crippen LogP contribution in [0, 0.1) is 13.8 Å². The highest BCUT2D eigenvalue weighted by Crippen LogP contribution is 2.37. The van der Waals surface area contributed by atoms with Gasteiger partial charge in [0.05, 0.1) is 0 Å². The van der Waals surface area contributed by atoms with Crippen LogP contribution >= 0.6 is 0 Å². The van der Waals surface area contributed by atoms with E-state index in [9.17, 15) is 0 Å². The Bertz CT molecular complexity index is 775. The lowest BCUT2D eigenvalue weighted by molar-refractivity contribution is 0.0206. The third kappa shape index (κ3) is 4.32. The van der Waals surface area contributed by atoms with Crippen LogP contribution in [-0.4, -0.2) is 17.8 Å². The molecule has 0 saturated heterocycles. The second-order valence-corrected chi connectivity index (χ2v) is 8.14. The van der Waals surface area contributed by atoms with Crippen LogP contribution in [-0.2, 0) is 6.42 Å². The average molecular weight is 357 g/mol. The van der Waals surface area contributed by atoms with E-state index in [1.807, 2.05) is 39.0 Å².